The third-order valence-corrected chi connectivity index (χ3v) is 3.31. The number of nitrogens with zero attached hydrogens (tertiary/aromatic N) is 1. The van der Waals surface area contributed by atoms with E-state index in [-0.39, 0.29) is 0 Å². The van der Waals surface area contributed by atoms with Gasteiger partial charge in [0.2, 0.25) is 0 Å². The van der Waals surface area contributed by atoms with Gasteiger partial charge < -0.3 is 24.8 Å². The number of nitrogens with two attached hydrogens (primary N) is 1. The van der Waals surface area contributed by atoms with Crippen LogP contribution < -0.4 is 5.73 Å². The highest BCUT2D eigenvalue weighted by atomic mass is 16.5. The van der Waals surface area contributed by atoms with E-state index in [9.17, 15) is 0 Å². The molecule has 122 valence electrons. The smallest absolute Gasteiger partial charge is 0.0701 e. The van der Waals surface area contributed by atoms with Crippen molar-refractivity contribution in [1.82, 2.24) is 4.90 Å². The van der Waals surface area contributed by atoms with Gasteiger partial charge in [0.1, 0.15) is 0 Å². The molecule has 1 atom stereocenters. The highest BCUT2D eigenvalue weighted by molar-refractivity contribution is 4.62. The zero-order chi connectivity index (χ0) is 15.1. The van der Waals surface area contributed by atoms with Crippen LogP contribution >= 0.6 is 0 Å². The molecule has 0 radical (unpaired) electrons. The molecular weight excluding hydrogens is 256 g/mol. The van der Waals surface area contributed by atoms with E-state index in [2.05, 4.69) is 25.8 Å². The molecule has 0 rings (SSSR count). The minimum absolute atomic E-state index is 0.514. The SMILES string of the molecule is CCCCOCCOCCOCCN(C)C(C)CCN. The fourth-order valence-electron chi connectivity index (χ4n) is 1.68. The van der Waals surface area contributed by atoms with Crippen molar-refractivity contribution < 1.29 is 14.2 Å². The number of hydrogen-bond acceptors (Lipinski definition) is 5. The highest BCUT2D eigenvalue weighted by Crippen LogP contribution is 1.98. The molecule has 0 saturated carbocycles. The molecule has 20 heavy (non-hydrogen) atoms. The van der Waals surface area contributed by atoms with Crippen molar-refractivity contribution in [2.45, 2.75) is 39.2 Å². The molecule has 0 saturated heterocycles. The van der Waals surface area contributed by atoms with Gasteiger partial charge in [-0.3, -0.25) is 0 Å². The van der Waals surface area contributed by atoms with Crippen LogP contribution in [0.3, 0.4) is 0 Å². The Kier molecular flexibility index (Phi) is 15.0. The Morgan fingerprint density at radius 2 is 1.50 bits per heavy atom. The maximum absolute atomic E-state index is 5.54. The number of likely N-dealkylation sites (N-methyl/N-ethyl adjacent to an activating group) is 1. The first kappa shape index (κ1) is 19.8. The first-order valence-electron chi connectivity index (χ1n) is 7.85. The second-order valence-electron chi connectivity index (χ2n) is 5.10. The van der Waals surface area contributed by atoms with Crippen molar-refractivity contribution in [1.29, 1.82) is 0 Å². The third kappa shape index (κ3) is 12.8. The molecule has 0 aromatic heterocycles. The lowest BCUT2D eigenvalue weighted by atomic mass is 10.2. The quantitative estimate of drug-likeness (QED) is 0.463. The lowest BCUT2D eigenvalue weighted by molar-refractivity contribution is 0.00973. The number of ether oxygens (including phenoxy) is 3. The van der Waals surface area contributed by atoms with Crippen LogP contribution in [0, 0.1) is 0 Å². The van der Waals surface area contributed by atoms with Crippen molar-refractivity contribution in [3.63, 3.8) is 0 Å². The summed E-state index contributed by atoms with van der Waals surface area (Å²) in [6.07, 6.45) is 3.32. The van der Waals surface area contributed by atoms with Crippen LogP contribution in [0.1, 0.15) is 33.1 Å². The Morgan fingerprint density at radius 3 is 2.05 bits per heavy atom. The minimum Gasteiger partial charge on any atom is -0.379 e. The van der Waals surface area contributed by atoms with E-state index in [0.717, 1.165) is 39.1 Å². The fourth-order valence-corrected chi connectivity index (χ4v) is 1.68. The van der Waals surface area contributed by atoms with Gasteiger partial charge >= 0.3 is 0 Å². The zero-order valence-electron chi connectivity index (χ0n) is 13.6. The lowest BCUT2D eigenvalue weighted by Crippen LogP contribution is -2.33. The Labute approximate surface area is 124 Å². The van der Waals surface area contributed by atoms with Crippen molar-refractivity contribution in [3.8, 4) is 0 Å². The average Bonchev–Trinajstić information content (AvgIpc) is 2.44. The molecule has 0 heterocycles. The second-order valence-corrected chi connectivity index (χ2v) is 5.10. The second kappa shape index (κ2) is 15.2. The predicted molar refractivity (Wildman–Crippen MR) is 83.1 cm³/mol. The number of hydrogen-bond donors (Lipinski definition) is 1. The van der Waals surface area contributed by atoms with E-state index in [4.69, 9.17) is 19.9 Å². The van der Waals surface area contributed by atoms with Gasteiger partial charge in [0.15, 0.2) is 0 Å². The largest absolute Gasteiger partial charge is 0.379 e. The topological polar surface area (TPSA) is 57.0 Å². The lowest BCUT2D eigenvalue weighted by Gasteiger charge is -2.23. The van der Waals surface area contributed by atoms with Gasteiger partial charge in [0.05, 0.1) is 33.0 Å². The zero-order valence-corrected chi connectivity index (χ0v) is 13.6. The maximum atomic E-state index is 5.54. The van der Waals surface area contributed by atoms with Gasteiger partial charge in [-0.1, -0.05) is 13.3 Å². The molecule has 0 aliphatic carbocycles. The summed E-state index contributed by atoms with van der Waals surface area (Å²) < 4.78 is 16.4. The van der Waals surface area contributed by atoms with Crippen molar-refractivity contribution in [3.05, 3.63) is 0 Å². The normalized spacial score (nSPS) is 13.1. The molecule has 0 aliphatic heterocycles. The van der Waals surface area contributed by atoms with Crippen molar-refractivity contribution in [2.24, 2.45) is 5.73 Å². The maximum Gasteiger partial charge on any atom is 0.0701 e. The van der Waals surface area contributed by atoms with Crippen LogP contribution in [-0.2, 0) is 14.2 Å². The average molecular weight is 290 g/mol. The molecule has 5 heteroatoms. The Morgan fingerprint density at radius 1 is 0.950 bits per heavy atom. The first-order valence-corrected chi connectivity index (χ1v) is 7.85. The van der Waals surface area contributed by atoms with Gasteiger partial charge in [0.25, 0.3) is 0 Å². The van der Waals surface area contributed by atoms with Gasteiger partial charge in [-0.25, -0.2) is 0 Å². The molecule has 0 aromatic carbocycles. The standard InChI is InChI=1S/C15H34N2O3/c1-4-5-9-18-11-13-20-14-12-19-10-8-17(3)15(2)6-7-16/h15H,4-14,16H2,1-3H3. The summed E-state index contributed by atoms with van der Waals surface area (Å²) in [6.45, 7) is 10.2. The van der Waals surface area contributed by atoms with E-state index in [1.807, 2.05) is 0 Å². The van der Waals surface area contributed by atoms with Crippen LogP contribution in [0.15, 0.2) is 0 Å². The molecule has 0 fully saturated rings. The van der Waals surface area contributed by atoms with Crippen molar-refractivity contribution >= 4 is 0 Å². The van der Waals surface area contributed by atoms with Gasteiger partial charge in [-0.05, 0) is 33.4 Å². The Bertz CT molecular complexity index is 194. The van der Waals surface area contributed by atoms with Crippen LogP contribution in [0.4, 0.5) is 0 Å². The van der Waals surface area contributed by atoms with Crippen LogP contribution in [0.25, 0.3) is 0 Å². The van der Waals surface area contributed by atoms with Gasteiger partial charge in [-0.15, -0.1) is 0 Å². The van der Waals surface area contributed by atoms with E-state index in [1.165, 1.54) is 6.42 Å². The fraction of sp³-hybridized carbons (Fsp3) is 1.00. The van der Waals surface area contributed by atoms with E-state index in [0.29, 0.717) is 32.5 Å². The molecule has 0 aromatic rings. The van der Waals surface area contributed by atoms with E-state index >= 15 is 0 Å². The summed E-state index contributed by atoms with van der Waals surface area (Å²) in [5.41, 5.74) is 5.54. The molecule has 0 spiro atoms. The van der Waals surface area contributed by atoms with Crippen LogP contribution in [-0.4, -0.2) is 70.7 Å². The molecule has 5 nitrogen and oxygen atoms in total. The summed E-state index contributed by atoms with van der Waals surface area (Å²) in [7, 11) is 2.10. The molecular formula is C15H34N2O3. The molecule has 1 unspecified atom stereocenters. The number of unbranched alkanes of at least 4 members (excludes halogenated alkanes) is 1. The van der Waals surface area contributed by atoms with E-state index < -0.39 is 0 Å². The third-order valence-electron chi connectivity index (χ3n) is 3.31. The van der Waals surface area contributed by atoms with Crippen LogP contribution in [0.2, 0.25) is 0 Å². The Hall–Kier alpha value is -0.200. The summed E-state index contributed by atoms with van der Waals surface area (Å²) in [4.78, 5) is 2.27. The molecule has 2 N–H and O–H groups in total. The van der Waals surface area contributed by atoms with Gasteiger partial charge in [0, 0.05) is 19.2 Å². The number of rotatable bonds is 15. The molecule has 0 amide bonds. The Balaban J connectivity index is 3.16. The highest BCUT2D eigenvalue weighted by Gasteiger charge is 2.06. The molecule has 0 aliphatic rings. The predicted octanol–water partition coefficient (Wildman–Crippen LogP) is 1.51. The van der Waals surface area contributed by atoms with E-state index in [1.54, 1.807) is 0 Å². The monoisotopic (exact) mass is 290 g/mol. The first-order chi connectivity index (χ1) is 9.72. The van der Waals surface area contributed by atoms with Gasteiger partial charge in [-0.2, -0.15) is 0 Å². The van der Waals surface area contributed by atoms with Crippen molar-refractivity contribution in [2.75, 3.05) is 59.8 Å². The summed E-state index contributed by atoms with van der Waals surface area (Å²) in [5, 5.41) is 0. The summed E-state index contributed by atoms with van der Waals surface area (Å²) in [6, 6.07) is 0.514. The summed E-state index contributed by atoms with van der Waals surface area (Å²) in [5.74, 6) is 0. The van der Waals surface area contributed by atoms with Crippen LogP contribution in [0.5, 0.6) is 0 Å². The minimum atomic E-state index is 0.514. The summed E-state index contributed by atoms with van der Waals surface area (Å²) >= 11 is 0. The molecule has 0 bridgehead atoms.